The molecule has 19 heavy (non-hydrogen) atoms. The van der Waals surface area contributed by atoms with Gasteiger partial charge in [0.15, 0.2) is 11.6 Å². The molecule has 1 N–H and O–H groups in total. The minimum atomic E-state index is -0.0426. The summed E-state index contributed by atoms with van der Waals surface area (Å²) in [6.07, 6.45) is 1.64. The van der Waals surface area contributed by atoms with Crippen molar-refractivity contribution in [1.29, 1.82) is 0 Å². The van der Waals surface area contributed by atoms with E-state index in [2.05, 4.69) is 26.9 Å². The van der Waals surface area contributed by atoms with Crippen LogP contribution in [0.3, 0.4) is 0 Å². The fourth-order valence-electron chi connectivity index (χ4n) is 1.63. The summed E-state index contributed by atoms with van der Waals surface area (Å²) in [5.74, 6) is 1.46. The van der Waals surface area contributed by atoms with Crippen LogP contribution < -0.4 is 0 Å². The molecule has 0 aromatic carbocycles. The molecule has 7 heteroatoms. The van der Waals surface area contributed by atoms with Crippen molar-refractivity contribution in [3.05, 3.63) is 30.0 Å². The molecular weight excluding hydrogens is 246 g/mol. The standard InChI is InChI=1S/C12H15N5O2/c1-5-6-17-12(18)10(7(2)16-17)14-15-11-8(3)19-9(4)13-11/h5,18H,1,6H2,2-4H3. The quantitative estimate of drug-likeness (QED) is 0.676. The molecule has 0 atom stereocenters. The van der Waals surface area contributed by atoms with Crippen molar-refractivity contribution in [2.24, 2.45) is 10.2 Å². The van der Waals surface area contributed by atoms with Crippen LogP contribution in [-0.4, -0.2) is 19.9 Å². The first kappa shape index (κ1) is 13.0. The Morgan fingerprint density at radius 1 is 1.37 bits per heavy atom. The Balaban J connectivity index is 2.33. The Hall–Kier alpha value is -2.44. The van der Waals surface area contributed by atoms with Crippen LogP contribution in [0.5, 0.6) is 5.88 Å². The number of aryl methyl sites for hydroxylation is 3. The summed E-state index contributed by atoms with van der Waals surface area (Å²) in [6, 6.07) is 0. The molecule has 0 bridgehead atoms. The Morgan fingerprint density at radius 2 is 2.11 bits per heavy atom. The lowest BCUT2D eigenvalue weighted by molar-refractivity contribution is 0.412. The summed E-state index contributed by atoms with van der Waals surface area (Å²) in [4.78, 5) is 4.08. The maximum Gasteiger partial charge on any atom is 0.238 e. The second kappa shape index (κ2) is 5.05. The lowest BCUT2D eigenvalue weighted by Crippen LogP contribution is -1.96. The van der Waals surface area contributed by atoms with Gasteiger partial charge >= 0.3 is 0 Å². The van der Waals surface area contributed by atoms with E-state index in [4.69, 9.17) is 4.42 Å². The number of oxazole rings is 1. The first-order valence-corrected chi connectivity index (χ1v) is 5.76. The molecule has 7 nitrogen and oxygen atoms in total. The SMILES string of the molecule is C=CCn1nc(C)c(N=Nc2nc(C)oc2C)c1O. The second-order valence-corrected chi connectivity index (χ2v) is 4.04. The van der Waals surface area contributed by atoms with Crippen molar-refractivity contribution in [1.82, 2.24) is 14.8 Å². The minimum absolute atomic E-state index is 0.0426. The van der Waals surface area contributed by atoms with Gasteiger partial charge in [0.2, 0.25) is 11.7 Å². The summed E-state index contributed by atoms with van der Waals surface area (Å²) in [6.45, 7) is 9.23. The van der Waals surface area contributed by atoms with Gasteiger partial charge in [-0.1, -0.05) is 6.08 Å². The van der Waals surface area contributed by atoms with Gasteiger partial charge in [-0.2, -0.15) is 10.1 Å². The number of nitrogens with zero attached hydrogens (tertiary/aromatic N) is 5. The van der Waals surface area contributed by atoms with Crippen LogP contribution in [0.1, 0.15) is 17.3 Å². The van der Waals surface area contributed by atoms with Crippen molar-refractivity contribution >= 4 is 11.5 Å². The lowest BCUT2D eigenvalue weighted by atomic mass is 10.4. The third kappa shape index (κ3) is 2.54. The average molecular weight is 261 g/mol. The van der Waals surface area contributed by atoms with Gasteiger partial charge in [0.25, 0.3) is 0 Å². The van der Waals surface area contributed by atoms with Crippen LogP contribution in [0.25, 0.3) is 0 Å². The molecule has 0 spiro atoms. The topological polar surface area (TPSA) is 88.8 Å². The fourth-order valence-corrected chi connectivity index (χ4v) is 1.63. The van der Waals surface area contributed by atoms with Crippen molar-refractivity contribution in [2.75, 3.05) is 0 Å². The van der Waals surface area contributed by atoms with Gasteiger partial charge < -0.3 is 9.52 Å². The summed E-state index contributed by atoms with van der Waals surface area (Å²) in [7, 11) is 0. The number of hydrogen-bond donors (Lipinski definition) is 1. The van der Waals surface area contributed by atoms with Gasteiger partial charge in [-0.05, 0) is 13.8 Å². The summed E-state index contributed by atoms with van der Waals surface area (Å²) >= 11 is 0. The maximum atomic E-state index is 9.95. The highest BCUT2D eigenvalue weighted by molar-refractivity contribution is 5.51. The van der Waals surface area contributed by atoms with Gasteiger partial charge in [0.1, 0.15) is 5.76 Å². The summed E-state index contributed by atoms with van der Waals surface area (Å²) < 4.78 is 6.65. The molecule has 2 aromatic rings. The van der Waals surface area contributed by atoms with Crippen LogP contribution in [0.15, 0.2) is 27.3 Å². The number of azo groups is 1. The highest BCUT2D eigenvalue weighted by atomic mass is 16.4. The molecule has 2 aromatic heterocycles. The third-order valence-corrected chi connectivity index (χ3v) is 2.50. The molecule has 2 rings (SSSR count). The van der Waals surface area contributed by atoms with E-state index in [0.717, 1.165) is 0 Å². The van der Waals surface area contributed by atoms with E-state index in [-0.39, 0.29) is 5.88 Å². The normalized spacial score (nSPS) is 11.3. The van der Waals surface area contributed by atoms with Crippen molar-refractivity contribution in [3.63, 3.8) is 0 Å². The second-order valence-electron chi connectivity index (χ2n) is 4.04. The number of aromatic nitrogens is 3. The summed E-state index contributed by atoms with van der Waals surface area (Å²) in [5, 5.41) is 22.0. The van der Waals surface area contributed by atoms with Crippen LogP contribution in [0, 0.1) is 20.8 Å². The molecule has 0 aliphatic rings. The number of rotatable bonds is 4. The van der Waals surface area contributed by atoms with Crippen molar-refractivity contribution in [3.8, 4) is 5.88 Å². The van der Waals surface area contributed by atoms with Gasteiger partial charge in [0, 0.05) is 6.92 Å². The van der Waals surface area contributed by atoms with E-state index in [1.54, 1.807) is 26.8 Å². The van der Waals surface area contributed by atoms with Crippen LogP contribution in [0.2, 0.25) is 0 Å². The average Bonchev–Trinajstić information content (AvgIpc) is 2.79. The summed E-state index contributed by atoms with van der Waals surface area (Å²) in [5.41, 5.74) is 0.905. The monoisotopic (exact) mass is 261 g/mol. The first-order chi connectivity index (χ1) is 9.02. The Bertz CT molecular complexity index is 639. The number of hydrogen-bond acceptors (Lipinski definition) is 6. The van der Waals surface area contributed by atoms with Gasteiger partial charge in [-0.3, -0.25) is 0 Å². The molecule has 0 fully saturated rings. The largest absolute Gasteiger partial charge is 0.492 e. The van der Waals surface area contributed by atoms with Crippen LogP contribution in [0.4, 0.5) is 11.5 Å². The molecule has 100 valence electrons. The zero-order chi connectivity index (χ0) is 14.0. The molecule has 0 unspecified atom stereocenters. The van der Waals surface area contributed by atoms with Gasteiger partial charge in [0.05, 0.1) is 12.2 Å². The van der Waals surface area contributed by atoms with E-state index >= 15 is 0 Å². The highest BCUT2D eigenvalue weighted by Gasteiger charge is 2.14. The molecular formula is C12H15N5O2. The zero-order valence-corrected chi connectivity index (χ0v) is 11.1. The van der Waals surface area contributed by atoms with E-state index in [1.165, 1.54) is 4.68 Å². The Kier molecular flexibility index (Phi) is 3.46. The van der Waals surface area contributed by atoms with Crippen LogP contribution in [-0.2, 0) is 6.54 Å². The minimum Gasteiger partial charge on any atom is -0.492 e. The highest BCUT2D eigenvalue weighted by Crippen LogP contribution is 2.32. The maximum absolute atomic E-state index is 9.95. The smallest absolute Gasteiger partial charge is 0.238 e. The van der Waals surface area contributed by atoms with Gasteiger partial charge in [-0.15, -0.1) is 16.8 Å². The van der Waals surface area contributed by atoms with E-state index in [1.807, 2.05) is 0 Å². The molecule has 2 heterocycles. The van der Waals surface area contributed by atoms with Crippen molar-refractivity contribution in [2.45, 2.75) is 27.3 Å². The van der Waals surface area contributed by atoms with Crippen LogP contribution >= 0.6 is 0 Å². The molecule has 0 saturated carbocycles. The molecule has 0 saturated heterocycles. The predicted molar refractivity (Wildman–Crippen MR) is 69.0 cm³/mol. The fraction of sp³-hybridized carbons (Fsp3) is 0.333. The van der Waals surface area contributed by atoms with Crippen molar-refractivity contribution < 1.29 is 9.52 Å². The van der Waals surface area contributed by atoms with E-state index < -0.39 is 0 Å². The lowest BCUT2D eigenvalue weighted by Gasteiger charge is -1.96. The Labute approximate surface area is 110 Å². The first-order valence-electron chi connectivity index (χ1n) is 5.76. The molecule has 0 aliphatic carbocycles. The Morgan fingerprint density at radius 3 is 2.68 bits per heavy atom. The predicted octanol–water partition coefficient (Wildman–Crippen LogP) is 3.10. The zero-order valence-electron chi connectivity index (χ0n) is 11.1. The molecule has 0 amide bonds. The number of aromatic hydroxyl groups is 1. The number of allylic oxidation sites excluding steroid dienone is 1. The molecule has 0 radical (unpaired) electrons. The van der Waals surface area contributed by atoms with Gasteiger partial charge in [-0.25, -0.2) is 4.68 Å². The van der Waals surface area contributed by atoms with E-state index in [0.29, 0.717) is 35.4 Å². The van der Waals surface area contributed by atoms with E-state index in [9.17, 15) is 5.11 Å². The third-order valence-electron chi connectivity index (χ3n) is 2.50. The molecule has 0 aliphatic heterocycles.